The minimum Gasteiger partial charge on any atom is -0.462 e. The van der Waals surface area contributed by atoms with Crippen molar-refractivity contribution in [2.24, 2.45) is 0 Å². The number of hydrogen-bond acceptors (Lipinski definition) is 2. The van der Waals surface area contributed by atoms with Gasteiger partial charge >= 0.3 is 0 Å². The quantitative estimate of drug-likeness (QED) is 0.815. The highest BCUT2D eigenvalue weighted by molar-refractivity contribution is 6.35. The predicted octanol–water partition coefficient (Wildman–Crippen LogP) is 3.94. The van der Waals surface area contributed by atoms with Gasteiger partial charge in [0.15, 0.2) is 5.58 Å². The highest BCUT2D eigenvalue weighted by Gasteiger charge is 2.09. The average Bonchev–Trinajstić information content (AvgIpc) is 2.68. The number of aryl methyl sites for hydroxylation is 1. The first kappa shape index (κ1) is 12.5. The van der Waals surface area contributed by atoms with Gasteiger partial charge in [0.1, 0.15) is 0 Å². The van der Waals surface area contributed by atoms with Gasteiger partial charge in [0.05, 0.1) is 11.3 Å². The maximum Gasteiger partial charge on any atom is 0.152 e. The van der Waals surface area contributed by atoms with Gasteiger partial charge in [-0.15, -0.1) is 0 Å². The fourth-order valence-electron chi connectivity index (χ4n) is 2.00. The summed E-state index contributed by atoms with van der Waals surface area (Å²) in [5, 5.41) is 5.24. The number of benzene rings is 1. The molecule has 0 aliphatic heterocycles. The Balaban J connectivity index is 2.18. The average molecular weight is 252 g/mol. The highest BCUT2D eigenvalue weighted by Crippen LogP contribution is 2.29. The van der Waals surface area contributed by atoms with Crippen LogP contribution in [0.4, 0.5) is 0 Å². The molecule has 0 spiro atoms. The lowest BCUT2D eigenvalue weighted by Gasteiger charge is -2.02. The van der Waals surface area contributed by atoms with Gasteiger partial charge in [-0.05, 0) is 56.1 Å². The summed E-state index contributed by atoms with van der Waals surface area (Å²) in [6.45, 7) is 6.27. The van der Waals surface area contributed by atoms with E-state index in [1.165, 1.54) is 11.1 Å². The molecule has 0 atom stereocenters. The first-order valence-electron chi connectivity index (χ1n) is 6.09. The Hall–Kier alpha value is -0.990. The number of rotatable bonds is 5. The fourth-order valence-corrected chi connectivity index (χ4v) is 2.32. The second kappa shape index (κ2) is 5.56. The molecule has 0 radical (unpaired) electrons. The van der Waals surface area contributed by atoms with E-state index in [1.807, 2.05) is 12.3 Å². The molecule has 3 heteroatoms. The van der Waals surface area contributed by atoms with Crippen molar-refractivity contribution in [1.82, 2.24) is 5.32 Å². The van der Waals surface area contributed by atoms with Crippen molar-refractivity contribution in [3.05, 3.63) is 34.5 Å². The topological polar surface area (TPSA) is 25.2 Å². The van der Waals surface area contributed by atoms with Gasteiger partial charge in [-0.1, -0.05) is 18.5 Å². The summed E-state index contributed by atoms with van der Waals surface area (Å²) in [7, 11) is 0. The van der Waals surface area contributed by atoms with Crippen molar-refractivity contribution in [3.8, 4) is 0 Å². The van der Waals surface area contributed by atoms with E-state index in [2.05, 4.69) is 25.2 Å². The summed E-state index contributed by atoms with van der Waals surface area (Å²) in [6.07, 6.45) is 3.97. The zero-order valence-electron chi connectivity index (χ0n) is 10.3. The summed E-state index contributed by atoms with van der Waals surface area (Å²) in [4.78, 5) is 0. The van der Waals surface area contributed by atoms with E-state index < -0.39 is 0 Å². The van der Waals surface area contributed by atoms with Crippen molar-refractivity contribution < 1.29 is 4.42 Å². The molecule has 0 aliphatic carbocycles. The molecular weight excluding hydrogens is 234 g/mol. The molecule has 92 valence electrons. The summed E-state index contributed by atoms with van der Waals surface area (Å²) in [5.41, 5.74) is 3.21. The first-order chi connectivity index (χ1) is 8.22. The first-order valence-corrected chi connectivity index (χ1v) is 6.47. The summed E-state index contributed by atoms with van der Waals surface area (Å²) in [5.74, 6) is 0. The zero-order chi connectivity index (χ0) is 12.3. The summed E-state index contributed by atoms with van der Waals surface area (Å²) >= 11 is 6.15. The number of nitrogens with one attached hydrogen (secondary N) is 1. The van der Waals surface area contributed by atoms with Gasteiger partial charge in [-0.25, -0.2) is 0 Å². The molecule has 2 nitrogen and oxygen atoms in total. The molecule has 0 aliphatic rings. The largest absolute Gasteiger partial charge is 0.462 e. The van der Waals surface area contributed by atoms with Gasteiger partial charge in [-0.3, -0.25) is 0 Å². The third kappa shape index (κ3) is 2.82. The zero-order valence-corrected chi connectivity index (χ0v) is 11.1. The van der Waals surface area contributed by atoms with E-state index >= 15 is 0 Å². The Morgan fingerprint density at radius 2 is 2.12 bits per heavy atom. The summed E-state index contributed by atoms with van der Waals surface area (Å²) in [6, 6.07) is 4.08. The molecule has 17 heavy (non-hydrogen) atoms. The van der Waals surface area contributed by atoms with Crippen molar-refractivity contribution in [2.75, 3.05) is 13.1 Å². The van der Waals surface area contributed by atoms with Crippen LogP contribution in [-0.2, 0) is 6.42 Å². The Labute approximate surface area is 107 Å². The van der Waals surface area contributed by atoms with Gasteiger partial charge in [0.2, 0.25) is 0 Å². The molecule has 0 saturated heterocycles. The van der Waals surface area contributed by atoms with Crippen molar-refractivity contribution in [1.29, 1.82) is 0 Å². The second-order valence-electron chi connectivity index (χ2n) is 4.38. The molecule has 0 saturated carbocycles. The van der Waals surface area contributed by atoms with Crippen LogP contribution in [0.25, 0.3) is 11.0 Å². The number of hydrogen-bond donors (Lipinski definition) is 1. The lowest BCUT2D eigenvalue weighted by Crippen LogP contribution is -2.17. The summed E-state index contributed by atoms with van der Waals surface area (Å²) < 4.78 is 5.53. The van der Waals surface area contributed by atoms with Crippen LogP contribution in [0.3, 0.4) is 0 Å². The number of furan rings is 1. The van der Waals surface area contributed by atoms with E-state index in [0.717, 1.165) is 36.9 Å². The van der Waals surface area contributed by atoms with E-state index in [9.17, 15) is 0 Å². The highest BCUT2D eigenvalue weighted by atomic mass is 35.5. The van der Waals surface area contributed by atoms with Crippen molar-refractivity contribution in [3.63, 3.8) is 0 Å². The second-order valence-corrected chi connectivity index (χ2v) is 4.79. The Kier molecular flexibility index (Phi) is 4.08. The maximum absolute atomic E-state index is 6.15. The molecule has 2 rings (SSSR count). The van der Waals surface area contributed by atoms with Gasteiger partial charge in [-0.2, -0.15) is 0 Å². The molecule has 0 fully saturated rings. The van der Waals surface area contributed by atoms with Gasteiger partial charge in [0, 0.05) is 5.39 Å². The van der Waals surface area contributed by atoms with Crippen molar-refractivity contribution in [2.45, 2.75) is 26.7 Å². The van der Waals surface area contributed by atoms with E-state index in [1.54, 1.807) is 0 Å². The van der Waals surface area contributed by atoms with Crippen LogP contribution in [0.15, 0.2) is 22.8 Å². The van der Waals surface area contributed by atoms with E-state index in [-0.39, 0.29) is 0 Å². The SMILES string of the molecule is CCCNCCc1coc2c(Cl)cc(C)cc12. The monoisotopic (exact) mass is 251 g/mol. The van der Waals surface area contributed by atoms with Gasteiger partial charge in [0.25, 0.3) is 0 Å². The predicted molar refractivity (Wildman–Crippen MR) is 72.8 cm³/mol. The Bertz CT molecular complexity index is 504. The molecular formula is C14H18ClNO. The molecule has 1 heterocycles. The van der Waals surface area contributed by atoms with E-state index in [0.29, 0.717) is 5.02 Å². The molecule has 1 N–H and O–H groups in total. The van der Waals surface area contributed by atoms with Crippen LogP contribution in [0.1, 0.15) is 24.5 Å². The van der Waals surface area contributed by atoms with Crippen LogP contribution >= 0.6 is 11.6 Å². The van der Waals surface area contributed by atoms with Gasteiger partial charge < -0.3 is 9.73 Å². The third-order valence-electron chi connectivity index (χ3n) is 2.85. The number of halogens is 1. The number of fused-ring (bicyclic) bond motifs is 1. The molecule has 0 bridgehead atoms. The fraction of sp³-hybridized carbons (Fsp3) is 0.429. The van der Waals surface area contributed by atoms with Crippen LogP contribution in [-0.4, -0.2) is 13.1 Å². The lowest BCUT2D eigenvalue weighted by molar-refractivity contribution is 0.605. The molecule has 1 aromatic carbocycles. The van der Waals surface area contributed by atoms with Crippen LogP contribution in [0.2, 0.25) is 5.02 Å². The molecule has 2 aromatic rings. The smallest absolute Gasteiger partial charge is 0.152 e. The minimum absolute atomic E-state index is 0.702. The van der Waals surface area contributed by atoms with Crippen LogP contribution in [0.5, 0.6) is 0 Å². The van der Waals surface area contributed by atoms with E-state index in [4.69, 9.17) is 16.0 Å². The normalized spacial score (nSPS) is 11.2. The maximum atomic E-state index is 6.15. The minimum atomic E-state index is 0.702. The lowest BCUT2D eigenvalue weighted by atomic mass is 10.1. The molecule has 0 unspecified atom stereocenters. The Morgan fingerprint density at radius 1 is 1.29 bits per heavy atom. The third-order valence-corrected chi connectivity index (χ3v) is 3.13. The molecule has 0 amide bonds. The standard InChI is InChI=1S/C14H18ClNO/c1-3-5-16-6-4-11-9-17-14-12(11)7-10(2)8-13(14)15/h7-9,16H,3-6H2,1-2H3. The molecule has 1 aromatic heterocycles. The van der Waals surface area contributed by atoms with Crippen LogP contribution in [0, 0.1) is 6.92 Å². The van der Waals surface area contributed by atoms with Crippen molar-refractivity contribution >= 4 is 22.6 Å². The van der Waals surface area contributed by atoms with Crippen LogP contribution < -0.4 is 5.32 Å². The Morgan fingerprint density at radius 3 is 2.88 bits per heavy atom.